The molecule has 1 amide bonds. The molecular formula is C16H15N3OS. The molecule has 106 valence electrons. The number of carbonyl (C=O) groups excluding carboxylic acids is 1. The SMILES string of the molecule is CSc1cccc(NC(=O)n2ncc3ccc(C)cc32)c1. The summed E-state index contributed by atoms with van der Waals surface area (Å²) in [7, 11) is 0. The van der Waals surface area contributed by atoms with E-state index in [1.54, 1.807) is 18.0 Å². The van der Waals surface area contributed by atoms with E-state index in [2.05, 4.69) is 10.4 Å². The van der Waals surface area contributed by atoms with E-state index in [0.717, 1.165) is 27.0 Å². The quantitative estimate of drug-likeness (QED) is 0.723. The van der Waals surface area contributed by atoms with Gasteiger partial charge < -0.3 is 5.32 Å². The van der Waals surface area contributed by atoms with Gasteiger partial charge in [0, 0.05) is 16.0 Å². The molecule has 0 aliphatic carbocycles. The number of amides is 1. The van der Waals surface area contributed by atoms with Crippen molar-refractivity contribution in [2.24, 2.45) is 0 Å². The van der Waals surface area contributed by atoms with E-state index in [1.165, 1.54) is 4.68 Å². The average Bonchev–Trinajstić information content (AvgIpc) is 2.90. The molecule has 0 bridgehead atoms. The molecule has 0 atom stereocenters. The zero-order valence-electron chi connectivity index (χ0n) is 11.8. The second-order valence-electron chi connectivity index (χ2n) is 4.78. The van der Waals surface area contributed by atoms with E-state index in [4.69, 9.17) is 0 Å². The molecule has 2 aromatic carbocycles. The highest BCUT2D eigenvalue weighted by molar-refractivity contribution is 7.98. The van der Waals surface area contributed by atoms with Crippen LogP contribution in [0.5, 0.6) is 0 Å². The van der Waals surface area contributed by atoms with Crippen molar-refractivity contribution in [3.8, 4) is 0 Å². The maximum atomic E-state index is 12.4. The van der Waals surface area contributed by atoms with Gasteiger partial charge in [0.05, 0.1) is 11.7 Å². The smallest absolute Gasteiger partial charge is 0.306 e. The van der Waals surface area contributed by atoms with Crippen molar-refractivity contribution < 1.29 is 4.79 Å². The number of benzene rings is 2. The summed E-state index contributed by atoms with van der Waals surface area (Å²) in [5.74, 6) is 0. The van der Waals surface area contributed by atoms with Crippen molar-refractivity contribution in [2.45, 2.75) is 11.8 Å². The Morgan fingerprint density at radius 3 is 2.90 bits per heavy atom. The van der Waals surface area contributed by atoms with E-state index in [-0.39, 0.29) is 6.03 Å². The molecular weight excluding hydrogens is 282 g/mol. The van der Waals surface area contributed by atoms with Crippen LogP contribution in [0.1, 0.15) is 5.56 Å². The van der Waals surface area contributed by atoms with Crippen molar-refractivity contribution >= 4 is 34.4 Å². The first-order valence-electron chi connectivity index (χ1n) is 6.57. The number of aryl methyl sites for hydroxylation is 1. The first-order valence-corrected chi connectivity index (χ1v) is 7.79. The summed E-state index contributed by atoms with van der Waals surface area (Å²) in [4.78, 5) is 13.5. The van der Waals surface area contributed by atoms with Gasteiger partial charge in [0.15, 0.2) is 0 Å². The number of nitrogens with one attached hydrogen (secondary N) is 1. The third-order valence-electron chi connectivity index (χ3n) is 3.24. The highest BCUT2D eigenvalue weighted by Gasteiger charge is 2.11. The van der Waals surface area contributed by atoms with Crippen LogP contribution in [0.3, 0.4) is 0 Å². The summed E-state index contributed by atoms with van der Waals surface area (Å²) in [6, 6.07) is 13.4. The molecule has 21 heavy (non-hydrogen) atoms. The van der Waals surface area contributed by atoms with Crippen LogP contribution >= 0.6 is 11.8 Å². The Balaban J connectivity index is 1.91. The van der Waals surface area contributed by atoms with Crippen LogP contribution in [0.2, 0.25) is 0 Å². The number of rotatable bonds is 2. The molecule has 0 radical (unpaired) electrons. The largest absolute Gasteiger partial charge is 0.347 e. The second kappa shape index (κ2) is 5.61. The highest BCUT2D eigenvalue weighted by Crippen LogP contribution is 2.20. The predicted molar refractivity (Wildman–Crippen MR) is 87.1 cm³/mol. The van der Waals surface area contributed by atoms with Crippen LogP contribution in [0, 0.1) is 6.92 Å². The van der Waals surface area contributed by atoms with Crippen molar-refractivity contribution in [2.75, 3.05) is 11.6 Å². The first-order chi connectivity index (χ1) is 10.2. The maximum Gasteiger partial charge on any atom is 0.347 e. The van der Waals surface area contributed by atoms with Crippen molar-refractivity contribution in [3.05, 3.63) is 54.2 Å². The molecule has 1 aromatic heterocycles. The zero-order valence-corrected chi connectivity index (χ0v) is 12.6. The van der Waals surface area contributed by atoms with Crippen LogP contribution in [0.4, 0.5) is 10.5 Å². The molecule has 5 heteroatoms. The number of fused-ring (bicyclic) bond motifs is 1. The van der Waals surface area contributed by atoms with E-state index in [9.17, 15) is 4.79 Å². The Morgan fingerprint density at radius 1 is 1.24 bits per heavy atom. The van der Waals surface area contributed by atoms with E-state index < -0.39 is 0 Å². The lowest BCUT2D eigenvalue weighted by atomic mass is 10.2. The number of aromatic nitrogens is 2. The van der Waals surface area contributed by atoms with Crippen LogP contribution in [0.15, 0.2) is 53.6 Å². The van der Waals surface area contributed by atoms with Gasteiger partial charge in [0.1, 0.15) is 0 Å². The fourth-order valence-corrected chi connectivity index (χ4v) is 2.63. The van der Waals surface area contributed by atoms with E-state index in [1.807, 2.05) is 55.6 Å². The Hall–Kier alpha value is -2.27. The topological polar surface area (TPSA) is 46.9 Å². The maximum absolute atomic E-state index is 12.4. The van der Waals surface area contributed by atoms with Gasteiger partial charge in [-0.15, -0.1) is 11.8 Å². The monoisotopic (exact) mass is 297 g/mol. The molecule has 0 spiro atoms. The Morgan fingerprint density at radius 2 is 2.10 bits per heavy atom. The molecule has 1 heterocycles. The molecule has 0 saturated heterocycles. The van der Waals surface area contributed by atoms with Crippen molar-refractivity contribution in [1.29, 1.82) is 0 Å². The number of thioether (sulfide) groups is 1. The van der Waals surface area contributed by atoms with Gasteiger partial charge in [-0.1, -0.05) is 18.2 Å². The lowest BCUT2D eigenvalue weighted by Gasteiger charge is -2.07. The van der Waals surface area contributed by atoms with Gasteiger partial charge in [0.25, 0.3) is 0 Å². The summed E-state index contributed by atoms with van der Waals surface area (Å²) in [5, 5.41) is 8.01. The minimum Gasteiger partial charge on any atom is -0.306 e. The molecule has 1 N–H and O–H groups in total. The number of hydrogen-bond donors (Lipinski definition) is 1. The van der Waals surface area contributed by atoms with Gasteiger partial charge in [-0.05, 0) is 43.0 Å². The van der Waals surface area contributed by atoms with Gasteiger partial charge in [-0.2, -0.15) is 9.78 Å². The van der Waals surface area contributed by atoms with Crippen molar-refractivity contribution in [1.82, 2.24) is 9.78 Å². The first kappa shape index (κ1) is 13.7. The van der Waals surface area contributed by atoms with Gasteiger partial charge in [0.2, 0.25) is 0 Å². The molecule has 0 fully saturated rings. The minimum atomic E-state index is -0.256. The van der Waals surface area contributed by atoms with E-state index >= 15 is 0 Å². The number of hydrogen-bond acceptors (Lipinski definition) is 3. The van der Waals surface area contributed by atoms with E-state index in [0.29, 0.717) is 0 Å². The highest BCUT2D eigenvalue weighted by atomic mass is 32.2. The summed E-state index contributed by atoms with van der Waals surface area (Å²) in [5.41, 5.74) is 2.68. The lowest BCUT2D eigenvalue weighted by molar-refractivity contribution is 0.252. The molecule has 4 nitrogen and oxygen atoms in total. The molecule has 0 aliphatic heterocycles. The zero-order chi connectivity index (χ0) is 14.8. The van der Waals surface area contributed by atoms with Crippen molar-refractivity contribution in [3.63, 3.8) is 0 Å². The number of carbonyl (C=O) groups is 1. The second-order valence-corrected chi connectivity index (χ2v) is 5.66. The number of anilines is 1. The van der Waals surface area contributed by atoms with Crippen LogP contribution in [0.25, 0.3) is 10.9 Å². The summed E-state index contributed by atoms with van der Waals surface area (Å²) < 4.78 is 1.40. The van der Waals surface area contributed by atoms with Crippen LogP contribution < -0.4 is 5.32 Å². The Bertz CT molecular complexity index is 810. The molecule has 0 unspecified atom stereocenters. The third kappa shape index (κ3) is 2.78. The predicted octanol–water partition coefficient (Wildman–Crippen LogP) is 4.15. The molecule has 0 saturated carbocycles. The average molecular weight is 297 g/mol. The Kier molecular flexibility index (Phi) is 3.66. The standard InChI is InChI=1S/C16H15N3OS/c1-11-6-7-12-10-17-19(15(12)8-11)16(20)18-13-4-3-5-14(9-13)21-2/h3-10H,1-2H3,(H,18,20). The number of nitrogens with zero attached hydrogens (tertiary/aromatic N) is 2. The van der Waals surface area contributed by atoms with Crippen LogP contribution in [-0.4, -0.2) is 22.1 Å². The fraction of sp³-hybridized carbons (Fsp3) is 0.125. The lowest BCUT2D eigenvalue weighted by Crippen LogP contribution is -2.20. The summed E-state index contributed by atoms with van der Waals surface area (Å²) in [6.07, 6.45) is 3.71. The fourth-order valence-electron chi connectivity index (χ4n) is 2.17. The molecule has 3 aromatic rings. The Labute approximate surface area is 127 Å². The van der Waals surface area contributed by atoms with Gasteiger partial charge in [-0.3, -0.25) is 0 Å². The summed E-state index contributed by atoms with van der Waals surface area (Å²) >= 11 is 1.64. The van der Waals surface area contributed by atoms with Gasteiger partial charge in [-0.25, -0.2) is 4.79 Å². The normalized spacial score (nSPS) is 10.8. The summed E-state index contributed by atoms with van der Waals surface area (Å²) in [6.45, 7) is 2.00. The molecule has 0 aliphatic rings. The van der Waals surface area contributed by atoms with Crippen LogP contribution in [-0.2, 0) is 0 Å². The third-order valence-corrected chi connectivity index (χ3v) is 3.97. The van der Waals surface area contributed by atoms with Gasteiger partial charge >= 0.3 is 6.03 Å². The minimum absolute atomic E-state index is 0.256. The molecule has 3 rings (SSSR count).